The fourth-order valence-corrected chi connectivity index (χ4v) is 9.49. The van der Waals surface area contributed by atoms with Gasteiger partial charge in [0.25, 0.3) is 0 Å². The number of nitrogens with zero attached hydrogens (tertiary/aromatic N) is 2. The third-order valence-corrected chi connectivity index (χ3v) is 12.9. The van der Waals surface area contributed by atoms with Gasteiger partial charge in [-0.3, -0.25) is 13.9 Å². The molecule has 0 aliphatic heterocycles. The number of carbonyl (C=O) groups is 1. The van der Waals surface area contributed by atoms with E-state index in [0.717, 1.165) is 67.2 Å². The highest BCUT2D eigenvalue weighted by molar-refractivity contribution is 5.69. The molecule has 5 aliphatic carbocycles. The van der Waals surface area contributed by atoms with Gasteiger partial charge in [0.2, 0.25) is 0 Å². The molecule has 0 saturated heterocycles. The van der Waals surface area contributed by atoms with Crippen LogP contribution in [0.1, 0.15) is 144 Å². The van der Waals surface area contributed by atoms with Crippen LogP contribution in [0.5, 0.6) is 23.5 Å². The van der Waals surface area contributed by atoms with Crippen molar-refractivity contribution in [3.05, 3.63) is 46.6 Å². The maximum absolute atomic E-state index is 12.3. The van der Waals surface area contributed by atoms with E-state index in [1.165, 1.54) is 0 Å². The topological polar surface area (TPSA) is 165 Å². The van der Waals surface area contributed by atoms with Crippen LogP contribution in [0, 0.1) is 10.8 Å². The van der Waals surface area contributed by atoms with Gasteiger partial charge >= 0.3 is 5.97 Å². The molecule has 2 aromatic rings. The summed E-state index contributed by atoms with van der Waals surface area (Å²) in [4.78, 5) is 12.3. The fraction of sp³-hybridized carbons (Fsp3) is 0.683. The minimum Gasteiger partial charge on any atom is -0.494 e. The zero-order chi connectivity index (χ0) is 37.7. The summed E-state index contributed by atoms with van der Waals surface area (Å²) in [5.41, 5.74) is 3.76. The molecule has 292 valence electrons. The largest absolute Gasteiger partial charge is 0.494 e. The van der Waals surface area contributed by atoms with Crippen molar-refractivity contribution in [1.82, 2.24) is 9.13 Å². The maximum Gasteiger partial charge on any atom is 0.308 e. The Bertz CT molecular complexity index is 1730. The predicted octanol–water partition coefficient (Wildman–Crippen LogP) is 7.23. The van der Waals surface area contributed by atoms with Crippen molar-refractivity contribution in [3.8, 4) is 23.5 Å². The van der Waals surface area contributed by atoms with Gasteiger partial charge in [-0.05, 0) is 71.1 Å². The number of aromatic nitrogens is 2. The summed E-state index contributed by atoms with van der Waals surface area (Å²) in [6, 6.07) is 0. The van der Waals surface area contributed by atoms with E-state index in [2.05, 4.69) is 38.2 Å². The summed E-state index contributed by atoms with van der Waals surface area (Å²) in [5, 5.41) is 53.6. The molecule has 1 spiro atoms. The van der Waals surface area contributed by atoms with E-state index in [1.54, 1.807) is 23.0 Å². The average molecular weight is 739 g/mol. The van der Waals surface area contributed by atoms with Crippen LogP contribution in [0.2, 0.25) is 0 Å². The Morgan fingerprint density at radius 3 is 1.98 bits per heavy atom. The lowest BCUT2D eigenvalue weighted by Gasteiger charge is -2.39. The highest BCUT2D eigenvalue weighted by Crippen LogP contribution is 2.80. The number of rotatable bonds is 22. The highest BCUT2D eigenvalue weighted by atomic mass is 16.7. The standard InChI is InChI=1S/C41H58N2O10/c1-24-32-33(27-15-17-40(24,27)4)37(47)42(36(32)46)19-9-5-7-13-30(44)52-25(2)50-21-11-12-22-51-26(3)53-31(45)14-8-6-10-20-43-38(48)34-28-16-18-41(28)23-29(41)35(34)39(43)49/h15-18,24-29,31,45-49H,5-14,19-23H2,1-4H3. The molecule has 53 heavy (non-hydrogen) atoms. The van der Waals surface area contributed by atoms with E-state index in [0.29, 0.717) is 51.5 Å². The molecular formula is C41H58N2O10. The van der Waals surface area contributed by atoms with Gasteiger partial charge in [-0.15, -0.1) is 0 Å². The molecule has 0 bridgehead atoms. The summed E-state index contributed by atoms with van der Waals surface area (Å²) >= 11 is 0. The van der Waals surface area contributed by atoms with E-state index in [-0.39, 0.29) is 64.5 Å². The summed E-state index contributed by atoms with van der Waals surface area (Å²) in [6.45, 7) is 9.62. The molecule has 7 rings (SSSR count). The summed E-state index contributed by atoms with van der Waals surface area (Å²) in [5.74, 6) is 1.37. The molecule has 12 nitrogen and oxygen atoms in total. The van der Waals surface area contributed by atoms with Gasteiger partial charge in [-0.25, -0.2) is 0 Å². The number of hydrogen-bond acceptors (Lipinski definition) is 10. The van der Waals surface area contributed by atoms with Crippen LogP contribution < -0.4 is 0 Å². The normalized spacial score (nSPS) is 28.3. The first-order valence-corrected chi connectivity index (χ1v) is 19.8. The van der Waals surface area contributed by atoms with Gasteiger partial charge in [-0.2, -0.15) is 0 Å². The summed E-state index contributed by atoms with van der Waals surface area (Å²) in [6.07, 6.45) is 14.2. The highest BCUT2D eigenvalue weighted by Gasteiger charge is 2.69. The number of aliphatic hydroxyl groups excluding tert-OH is 1. The molecule has 1 fully saturated rings. The predicted molar refractivity (Wildman–Crippen MR) is 196 cm³/mol. The molecule has 2 aromatic heterocycles. The second-order valence-electron chi connectivity index (χ2n) is 16.2. The van der Waals surface area contributed by atoms with E-state index >= 15 is 0 Å². The Kier molecular flexibility index (Phi) is 10.7. The van der Waals surface area contributed by atoms with E-state index < -0.39 is 18.9 Å². The number of carbonyl (C=O) groups excluding carboxylic acids is 1. The van der Waals surface area contributed by atoms with Crippen molar-refractivity contribution < 1.29 is 49.3 Å². The lowest BCUT2D eigenvalue weighted by Crippen LogP contribution is -2.28. The molecule has 12 heteroatoms. The number of aliphatic hydroxyl groups is 1. The second-order valence-corrected chi connectivity index (χ2v) is 16.2. The van der Waals surface area contributed by atoms with Gasteiger partial charge in [-0.1, -0.05) is 51.0 Å². The van der Waals surface area contributed by atoms with Gasteiger partial charge in [0.15, 0.2) is 42.4 Å². The minimum atomic E-state index is -0.933. The number of aromatic hydroxyl groups is 4. The number of fused-ring (bicyclic) bond motifs is 6. The second kappa shape index (κ2) is 15.0. The van der Waals surface area contributed by atoms with Crippen LogP contribution in [0.3, 0.4) is 0 Å². The molecule has 0 radical (unpaired) electrons. The lowest BCUT2D eigenvalue weighted by atomic mass is 9.65. The Balaban J connectivity index is 0.675. The molecule has 5 N–H and O–H groups in total. The summed E-state index contributed by atoms with van der Waals surface area (Å²) in [7, 11) is 0. The van der Waals surface area contributed by atoms with E-state index in [9.17, 15) is 30.3 Å². The third kappa shape index (κ3) is 6.78. The zero-order valence-electron chi connectivity index (χ0n) is 31.6. The first-order valence-electron chi connectivity index (χ1n) is 19.8. The third-order valence-electron chi connectivity index (χ3n) is 12.9. The quantitative estimate of drug-likeness (QED) is 0.0360. The van der Waals surface area contributed by atoms with Crippen molar-refractivity contribution in [2.45, 2.75) is 154 Å². The Morgan fingerprint density at radius 1 is 0.774 bits per heavy atom. The Labute approximate surface area is 312 Å². The average Bonchev–Trinajstić information content (AvgIpc) is 3.67. The zero-order valence-corrected chi connectivity index (χ0v) is 31.6. The SMILES string of the molecule is CC(OCCCCOC(C)OC(O)CCCCCn1c(O)c2c(c1O)C1CC13C=CC23)OC(=O)CCCCCn1c(O)c2c(c1O)C1C=CC1(C)C2C. The van der Waals surface area contributed by atoms with Gasteiger partial charge in [0.1, 0.15) is 0 Å². The molecule has 0 amide bonds. The van der Waals surface area contributed by atoms with Crippen LogP contribution in [0.25, 0.3) is 0 Å². The molecule has 0 aromatic carbocycles. The number of hydrogen-bond donors (Lipinski definition) is 5. The number of allylic oxidation sites excluding steroid dienone is 4. The minimum absolute atomic E-state index is 0.0278. The van der Waals surface area contributed by atoms with Gasteiger partial charge < -0.3 is 44.5 Å². The number of unbranched alkanes of at least 4 members (excludes halogenated alkanes) is 5. The first kappa shape index (κ1) is 37.8. The molecule has 9 atom stereocenters. The monoisotopic (exact) mass is 738 g/mol. The Morgan fingerprint density at radius 2 is 1.36 bits per heavy atom. The van der Waals surface area contributed by atoms with Crippen LogP contribution in [0.4, 0.5) is 0 Å². The van der Waals surface area contributed by atoms with E-state index in [4.69, 9.17) is 18.9 Å². The smallest absolute Gasteiger partial charge is 0.308 e. The molecule has 5 aliphatic rings. The molecule has 1 saturated carbocycles. The van der Waals surface area contributed by atoms with Crippen molar-refractivity contribution in [2.75, 3.05) is 13.2 Å². The van der Waals surface area contributed by atoms with Crippen molar-refractivity contribution in [3.63, 3.8) is 0 Å². The van der Waals surface area contributed by atoms with Crippen molar-refractivity contribution in [1.29, 1.82) is 0 Å². The maximum atomic E-state index is 12.3. The number of ether oxygens (including phenoxy) is 4. The molecular weight excluding hydrogens is 680 g/mol. The van der Waals surface area contributed by atoms with Crippen molar-refractivity contribution >= 4 is 5.97 Å². The van der Waals surface area contributed by atoms with Crippen LogP contribution >= 0.6 is 0 Å². The van der Waals surface area contributed by atoms with Crippen molar-refractivity contribution in [2.24, 2.45) is 10.8 Å². The van der Waals surface area contributed by atoms with Crippen LogP contribution in [-0.4, -0.2) is 72.7 Å². The summed E-state index contributed by atoms with van der Waals surface area (Å²) < 4.78 is 25.5. The number of esters is 1. The van der Waals surface area contributed by atoms with Crippen LogP contribution in [-0.2, 0) is 36.8 Å². The van der Waals surface area contributed by atoms with E-state index in [1.807, 2.05) is 0 Å². The first-order chi connectivity index (χ1) is 25.4. The van der Waals surface area contributed by atoms with Crippen LogP contribution in [0.15, 0.2) is 24.3 Å². The fourth-order valence-electron chi connectivity index (χ4n) is 9.49. The lowest BCUT2D eigenvalue weighted by molar-refractivity contribution is -0.223. The van der Waals surface area contributed by atoms with Gasteiger partial charge in [0.05, 0.1) is 6.61 Å². The Hall–Kier alpha value is -3.45. The molecule has 2 heterocycles. The van der Waals surface area contributed by atoms with Gasteiger partial charge in [0, 0.05) is 77.0 Å². The molecule has 9 unspecified atom stereocenters.